The van der Waals surface area contributed by atoms with Crippen molar-refractivity contribution < 1.29 is 76.9 Å². The van der Waals surface area contributed by atoms with Crippen molar-refractivity contribution in [1.29, 1.82) is 0 Å². The number of anilines is 1. The maximum absolute atomic E-state index is 12.6. The maximum atomic E-state index is 12.6. The molecule has 2 aromatic rings. The van der Waals surface area contributed by atoms with E-state index in [2.05, 4.69) is 26.2 Å². The largest absolute Gasteiger partial charge is 0.379 e. The van der Waals surface area contributed by atoms with Gasteiger partial charge in [-0.2, -0.15) is 29.8 Å². The van der Waals surface area contributed by atoms with Crippen molar-refractivity contribution in [2.45, 2.75) is 93.3 Å². The number of hydrogen-bond donors (Lipinski definition) is 8. The van der Waals surface area contributed by atoms with E-state index in [9.17, 15) is 58.1 Å². The fraction of sp³-hybridized carbons (Fsp3) is 0.562. The average molecular weight is 1100 g/mol. The first kappa shape index (κ1) is 61.4. The van der Waals surface area contributed by atoms with Crippen molar-refractivity contribution >= 4 is 71.1 Å². The quantitative estimate of drug-likeness (QED) is 0.0287. The van der Waals surface area contributed by atoms with Gasteiger partial charge in [-0.05, 0) is 81.5 Å². The number of fused-ring (bicyclic) bond motifs is 2. The Kier molecular flexibility index (Phi) is 23.3. The fourth-order valence-electron chi connectivity index (χ4n) is 8.47. The van der Waals surface area contributed by atoms with Gasteiger partial charge in [0.15, 0.2) is 5.71 Å². The number of nitrogens with two attached hydrogens (primary N) is 1. The molecule has 0 saturated heterocycles. The molecule has 9 N–H and O–H groups in total. The third-order valence-corrected chi connectivity index (χ3v) is 14.8. The highest BCUT2D eigenvalue weighted by Gasteiger charge is 2.45. The van der Waals surface area contributed by atoms with Gasteiger partial charge in [-0.15, -0.1) is 0 Å². The number of ether oxygens (including phenoxy) is 3. The lowest BCUT2D eigenvalue weighted by Gasteiger charge is -2.27. The van der Waals surface area contributed by atoms with Crippen LogP contribution in [0.5, 0.6) is 0 Å². The lowest BCUT2D eigenvalue weighted by atomic mass is 9.81. The van der Waals surface area contributed by atoms with E-state index in [1.807, 2.05) is 50.5 Å². The van der Waals surface area contributed by atoms with Gasteiger partial charge in [-0.25, -0.2) is 0 Å². The lowest BCUT2D eigenvalue weighted by Crippen LogP contribution is -2.43. The van der Waals surface area contributed by atoms with Crippen molar-refractivity contribution in [3.05, 3.63) is 71.5 Å². The van der Waals surface area contributed by atoms with Crippen molar-refractivity contribution in [2.24, 2.45) is 5.73 Å². The summed E-state index contributed by atoms with van der Waals surface area (Å²) in [6.45, 7) is 10.7. The number of unbranched alkanes of at least 4 members (excludes halogenated alkanes) is 2. The van der Waals surface area contributed by atoms with E-state index in [0.29, 0.717) is 120 Å². The molecule has 74 heavy (non-hydrogen) atoms. The van der Waals surface area contributed by atoms with Gasteiger partial charge in [0.2, 0.25) is 29.3 Å². The summed E-state index contributed by atoms with van der Waals surface area (Å²) in [6, 6.07) is 8.67. The van der Waals surface area contributed by atoms with Crippen LogP contribution in [0, 0.1) is 0 Å². The predicted octanol–water partition coefficient (Wildman–Crippen LogP) is 1.89. The molecule has 0 spiro atoms. The molecule has 0 aromatic heterocycles. The second kappa shape index (κ2) is 28.1. The van der Waals surface area contributed by atoms with Crippen LogP contribution in [0.1, 0.15) is 83.8 Å². The molecule has 0 saturated carbocycles. The lowest BCUT2D eigenvalue weighted by molar-refractivity contribution is -0.437. The van der Waals surface area contributed by atoms with Crippen molar-refractivity contribution in [1.82, 2.24) is 21.3 Å². The first-order valence-corrected chi connectivity index (χ1v) is 28.8. The third-order valence-electron chi connectivity index (χ3n) is 12.3. The van der Waals surface area contributed by atoms with Crippen molar-refractivity contribution in [3.63, 3.8) is 0 Å². The number of carbonyl (C=O) groups is 4. The molecule has 0 radical (unpaired) electrons. The molecule has 4 rings (SSSR count). The molecule has 0 unspecified atom stereocenters. The van der Waals surface area contributed by atoms with Crippen LogP contribution in [0.3, 0.4) is 0 Å². The van der Waals surface area contributed by atoms with Gasteiger partial charge in [0.1, 0.15) is 6.54 Å². The van der Waals surface area contributed by atoms with Crippen LogP contribution in [0.2, 0.25) is 0 Å². The number of hydrogen-bond acceptors (Lipinski definition) is 15. The minimum Gasteiger partial charge on any atom is -0.379 e. The Bertz CT molecular complexity index is 2740. The number of allylic oxidation sites excluding steroid dienone is 4. The highest BCUT2D eigenvalue weighted by Crippen LogP contribution is 2.49. The normalized spacial score (nSPS) is 15.6. The molecule has 0 atom stereocenters. The van der Waals surface area contributed by atoms with Crippen LogP contribution >= 0.6 is 0 Å². The van der Waals surface area contributed by atoms with Crippen molar-refractivity contribution in [2.75, 3.05) is 96.1 Å². The Hall–Kier alpha value is -5.16. The fourth-order valence-corrected chi connectivity index (χ4v) is 9.98. The Labute approximate surface area is 434 Å². The van der Waals surface area contributed by atoms with Gasteiger partial charge < -0.3 is 46.1 Å². The average Bonchev–Trinajstić information content (AvgIpc) is 3.67. The van der Waals surface area contributed by atoms with E-state index in [-0.39, 0.29) is 54.2 Å². The number of benzene rings is 2. The second-order valence-electron chi connectivity index (χ2n) is 18.6. The summed E-state index contributed by atoms with van der Waals surface area (Å²) in [5.41, 5.74) is 7.66. The molecule has 23 nitrogen and oxygen atoms in total. The summed E-state index contributed by atoms with van der Waals surface area (Å²) in [5, 5.41) is 10.3. The monoisotopic (exact) mass is 1100 g/mol. The Morgan fingerprint density at radius 1 is 0.649 bits per heavy atom. The van der Waals surface area contributed by atoms with E-state index in [4.69, 9.17) is 19.9 Å². The molecule has 2 aliphatic heterocycles. The molecule has 0 bridgehead atoms. The van der Waals surface area contributed by atoms with E-state index in [1.54, 1.807) is 12.1 Å². The molecule has 2 heterocycles. The standard InChI is InChI=1S/C48H71N7O16S3/c1-47(2)37-30-35(73(63,64)65)15-17-39(37)54(41(47)12-8-13-42-48(3,4)38-31-36(74(66,67)68)16-18-40(38)55(42)22-11-29-72(60,61)62)21-7-5-6-14-43(56)50-19-9-23-69-25-27-71-28-26-70-24-10-20-51-45(58)33-53-46(59)34-52-44(57)32-49/h8,12-13,15-18,30-31H,5-7,9-11,14,19-29,32-34,49H2,1-4H3,(H6-,50,51,52,53,56,57,58,59,60,61,62,63,64,65,66,67,68)/p+1. The zero-order chi connectivity index (χ0) is 54.7. The maximum Gasteiger partial charge on any atom is 0.294 e. The smallest absolute Gasteiger partial charge is 0.294 e. The summed E-state index contributed by atoms with van der Waals surface area (Å²) in [4.78, 5) is 48.7. The van der Waals surface area contributed by atoms with Crippen LogP contribution in [-0.2, 0) is 74.6 Å². The molecule has 412 valence electrons. The highest BCUT2D eigenvalue weighted by atomic mass is 32.2. The van der Waals surface area contributed by atoms with Crippen LogP contribution in [0.25, 0.3) is 0 Å². The topological polar surface area (TPSA) is 339 Å². The predicted molar refractivity (Wildman–Crippen MR) is 275 cm³/mol. The van der Waals surface area contributed by atoms with Crippen molar-refractivity contribution in [3.8, 4) is 0 Å². The van der Waals surface area contributed by atoms with Gasteiger partial charge in [0.05, 0.1) is 67.0 Å². The Morgan fingerprint density at radius 3 is 1.77 bits per heavy atom. The van der Waals surface area contributed by atoms with Gasteiger partial charge in [0, 0.05) is 80.2 Å². The zero-order valence-corrected chi connectivity index (χ0v) is 44.8. The third kappa shape index (κ3) is 18.9. The van der Waals surface area contributed by atoms with Gasteiger partial charge in [-0.1, -0.05) is 26.3 Å². The van der Waals surface area contributed by atoms with Crippen LogP contribution in [0.15, 0.2) is 70.1 Å². The Balaban J connectivity index is 1.21. The molecule has 2 aromatic carbocycles. The number of rotatable bonds is 33. The molecule has 0 fully saturated rings. The summed E-state index contributed by atoms with van der Waals surface area (Å²) in [6.07, 6.45) is 9.08. The summed E-state index contributed by atoms with van der Waals surface area (Å²) in [5.74, 6) is -1.93. The first-order chi connectivity index (χ1) is 34.8. The van der Waals surface area contributed by atoms with Crippen LogP contribution < -0.4 is 31.9 Å². The summed E-state index contributed by atoms with van der Waals surface area (Å²) < 4.78 is 119. The number of carbonyl (C=O) groups excluding carboxylic acids is 4. The van der Waals surface area contributed by atoms with E-state index in [1.165, 1.54) is 24.3 Å². The van der Waals surface area contributed by atoms with Gasteiger partial charge in [0.25, 0.3) is 30.4 Å². The van der Waals surface area contributed by atoms with E-state index >= 15 is 0 Å². The molecule has 26 heteroatoms. The SMILES string of the molecule is CC1(C)C(=CC=CC2=[N+](CCCS(=O)(=O)O)c3ccc(S(=O)(=O)O)cc3C2(C)C)N(CCCCCC(=O)NCCCOCCOCCOCCCNC(=O)CNC(=O)CNC(=O)CN)c2ccc(S(=O)(=O)O)cc21. The van der Waals surface area contributed by atoms with Crippen LogP contribution in [0.4, 0.5) is 11.4 Å². The summed E-state index contributed by atoms with van der Waals surface area (Å²) >= 11 is 0. The minimum absolute atomic E-state index is 0.0537. The van der Waals surface area contributed by atoms with Gasteiger partial charge >= 0.3 is 0 Å². The number of amides is 4. The van der Waals surface area contributed by atoms with E-state index < -0.39 is 58.8 Å². The van der Waals surface area contributed by atoms with E-state index in [0.717, 1.165) is 11.4 Å². The molecular formula is C48H72N7O16S3+. The number of nitrogens with one attached hydrogen (secondary N) is 4. The van der Waals surface area contributed by atoms with Gasteiger partial charge in [-0.3, -0.25) is 32.8 Å². The van der Waals surface area contributed by atoms with Crippen LogP contribution in [-0.4, -0.2) is 164 Å². The molecule has 0 aliphatic carbocycles. The Morgan fingerprint density at radius 2 is 1.19 bits per heavy atom. The highest BCUT2D eigenvalue weighted by molar-refractivity contribution is 7.86. The molecule has 2 aliphatic rings. The molecular weight excluding hydrogens is 1030 g/mol. The minimum atomic E-state index is -4.54. The first-order valence-electron chi connectivity index (χ1n) is 24.3. The zero-order valence-electron chi connectivity index (χ0n) is 42.4. The number of nitrogens with zero attached hydrogens (tertiary/aromatic N) is 2. The second-order valence-corrected chi connectivity index (χ2v) is 23.0. The molecule has 4 amide bonds. The summed E-state index contributed by atoms with van der Waals surface area (Å²) in [7, 11) is -13.3.